The second-order valence-electron chi connectivity index (χ2n) is 13.0. The number of halogens is 1. The van der Waals surface area contributed by atoms with Gasteiger partial charge in [0.15, 0.2) is 0 Å². The molecule has 4 saturated carbocycles. The number of rotatable bonds is 10. The van der Waals surface area contributed by atoms with Crippen molar-refractivity contribution >= 4 is 43.5 Å². The molecule has 4 fully saturated rings. The molecular weight excluding hydrogens is 602 g/mol. The first-order chi connectivity index (χ1) is 19.3. The van der Waals surface area contributed by atoms with E-state index in [4.69, 9.17) is 0 Å². The number of nitrogens with one attached hydrogen (secondary N) is 1. The molecule has 222 valence electrons. The van der Waals surface area contributed by atoms with Crippen molar-refractivity contribution in [2.45, 2.75) is 83.3 Å². The van der Waals surface area contributed by atoms with E-state index in [1.165, 1.54) is 53.3 Å². The summed E-state index contributed by atoms with van der Waals surface area (Å²) in [6, 6.07) is 14.5. The quantitative estimate of drug-likeness (QED) is 0.364. The van der Waals surface area contributed by atoms with Gasteiger partial charge in [-0.15, -0.1) is 0 Å². The highest BCUT2D eigenvalue weighted by atomic mass is 79.9. The Bertz CT molecular complexity index is 1340. The third-order valence-corrected chi connectivity index (χ3v) is 11.0. The maximum Gasteiger partial charge on any atom is 0.244 e. The van der Waals surface area contributed by atoms with E-state index in [-0.39, 0.29) is 30.5 Å². The van der Waals surface area contributed by atoms with Gasteiger partial charge in [-0.1, -0.05) is 40.2 Å². The van der Waals surface area contributed by atoms with Crippen LogP contribution < -0.4 is 9.62 Å². The first-order valence-electron chi connectivity index (χ1n) is 14.8. The van der Waals surface area contributed by atoms with E-state index in [1.807, 2.05) is 50.2 Å². The summed E-state index contributed by atoms with van der Waals surface area (Å²) in [6.45, 7) is 5.21. The van der Waals surface area contributed by atoms with E-state index in [0.717, 1.165) is 34.0 Å². The van der Waals surface area contributed by atoms with Gasteiger partial charge in [0.25, 0.3) is 0 Å². The standard InChI is InChI=1S/C32H42BrN3O4S/c1-21(2)34-31(38)22(3)35(19-23-5-9-28(33)10-6-23)30(37)20-36(41(4,39)40)29-11-7-27(8-12-29)32-16-24-13-25(17-32)15-26(14-24)18-32/h5-12,21-22,24-26H,13-20H2,1-4H3,(H,34,38)/t22-,24?,25?,26?,32?/m0/s1. The number of nitrogens with zero attached hydrogens (tertiary/aromatic N) is 2. The zero-order chi connectivity index (χ0) is 29.5. The number of sulfonamides is 1. The molecule has 2 aromatic carbocycles. The second-order valence-corrected chi connectivity index (χ2v) is 15.8. The number of hydrogen-bond acceptors (Lipinski definition) is 4. The Labute approximate surface area is 253 Å². The SMILES string of the molecule is CC(C)NC(=O)[C@H](C)N(Cc1ccc(Br)cc1)C(=O)CN(c1ccc(C23CC4CC(CC(C4)C2)C3)cc1)S(C)(=O)=O. The van der Waals surface area contributed by atoms with Gasteiger partial charge in [0.05, 0.1) is 11.9 Å². The Morgan fingerprint density at radius 3 is 1.95 bits per heavy atom. The molecule has 0 aliphatic heterocycles. The number of carbonyl (C=O) groups excluding carboxylic acids is 2. The normalized spacial score (nSPS) is 25.7. The summed E-state index contributed by atoms with van der Waals surface area (Å²) in [5.41, 5.74) is 2.82. The van der Waals surface area contributed by atoms with E-state index < -0.39 is 22.0 Å². The van der Waals surface area contributed by atoms with Crippen LogP contribution in [0.5, 0.6) is 0 Å². The molecule has 2 aromatic rings. The molecule has 0 heterocycles. The molecule has 9 heteroatoms. The van der Waals surface area contributed by atoms with E-state index in [0.29, 0.717) is 5.69 Å². The van der Waals surface area contributed by atoms with Crippen molar-refractivity contribution in [2.75, 3.05) is 17.1 Å². The van der Waals surface area contributed by atoms with Crippen molar-refractivity contribution in [3.05, 3.63) is 64.1 Å². The first kappa shape index (κ1) is 30.1. The average molecular weight is 645 g/mol. The highest BCUT2D eigenvalue weighted by Crippen LogP contribution is 2.60. The molecule has 0 saturated heterocycles. The zero-order valence-corrected chi connectivity index (χ0v) is 26.9. The van der Waals surface area contributed by atoms with Crippen LogP contribution in [0.1, 0.15) is 70.4 Å². The summed E-state index contributed by atoms with van der Waals surface area (Å²) >= 11 is 3.43. The Morgan fingerprint density at radius 2 is 1.46 bits per heavy atom. The predicted molar refractivity (Wildman–Crippen MR) is 166 cm³/mol. The smallest absolute Gasteiger partial charge is 0.244 e. The van der Waals surface area contributed by atoms with Crippen LogP contribution in [-0.4, -0.2) is 50.0 Å². The lowest BCUT2D eigenvalue weighted by molar-refractivity contribution is -0.139. The van der Waals surface area contributed by atoms with Gasteiger partial charge in [0.2, 0.25) is 21.8 Å². The van der Waals surface area contributed by atoms with Gasteiger partial charge in [-0.25, -0.2) is 8.42 Å². The lowest BCUT2D eigenvalue weighted by Gasteiger charge is -2.57. The van der Waals surface area contributed by atoms with Crippen LogP contribution in [-0.2, 0) is 31.6 Å². The van der Waals surface area contributed by atoms with Crippen LogP contribution in [0.2, 0.25) is 0 Å². The zero-order valence-electron chi connectivity index (χ0n) is 24.5. The number of anilines is 1. The van der Waals surface area contributed by atoms with Gasteiger partial charge < -0.3 is 10.2 Å². The summed E-state index contributed by atoms with van der Waals surface area (Å²) < 4.78 is 28.1. The third kappa shape index (κ3) is 6.66. The van der Waals surface area contributed by atoms with Gasteiger partial charge in [-0.2, -0.15) is 0 Å². The summed E-state index contributed by atoms with van der Waals surface area (Å²) in [5, 5.41) is 2.88. The molecule has 6 rings (SSSR count). The minimum Gasteiger partial charge on any atom is -0.352 e. The van der Waals surface area contributed by atoms with Gasteiger partial charge in [0, 0.05) is 17.1 Å². The van der Waals surface area contributed by atoms with Gasteiger partial charge in [0.1, 0.15) is 12.6 Å². The first-order valence-corrected chi connectivity index (χ1v) is 17.4. The maximum atomic E-state index is 13.8. The second kappa shape index (κ2) is 11.7. The van der Waals surface area contributed by atoms with Gasteiger partial charge in [-0.05, 0) is 118 Å². The fraction of sp³-hybridized carbons (Fsp3) is 0.562. The molecule has 1 N–H and O–H groups in total. The van der Waals surface area contributed by atoms with Crippen molar-refractivity contribution < 1.29 is 18.0 Å². The number of hydrogen-bond donors (Lipinski definition) is 1. The molecule has 0 unspecified atom stereocenters. The number of benzene rings is 2. The van der Waals surface area contributed by atoms with Crippen molar-refractivity contribution in [3.63, 3.8) is 0 Å². The highest BCUT2D eigenvalue weighted by Gasteiger charge is 2.51. The molecule has 2 amide bonds. The van der Waals surface area contributed by atoms with Crippen LogP contribution >= 0.6 is 15.9 Å². The third-order valence-electron chi connectivity index (χ3n) is 9.35. The summed E-state index contributed by atoms with van der Waals surface area (Å²) in [7, 11) is -3.77. The topological polar surface area (TPSA) is 86.8 Å². The van der Waals surface area contributed by atoms with E-state index in [9.17, 15) is 18.0 Å². The van der Waals surface area contributed by atoms with Crippen molar-refractivity contribution in [1.29, 1.82) is 0 Å². The number of carbonyl (C=O) groups is 2. The van der Waals surface area contributed by atoms with Gasteiger partial charge in [-0.3, -0.25) is 13.9 Å². The molecule has 4 aliphatic rings. The van der Waals surface area contributed by atoms with Crippen LogP contribution in [0.4, 0.5) is 5.69 Å². The monoisotopic (exact) mass is 643 g/mol. The van der Waals surface area contributed by atoms with Crippen molar-refractivity contribution in [2.24, 2.45) is 17.8 Å². The molecule has 41 heavy (non-hydrogen) atoms. The predicted octanol–water partition coefficient (Wildman–Crippen LogP) is 5.62. The Hall–Kier alpha value is -2.39. The van der Waals surface area contributed by atoms with Crippen LogP contribution in [0, 0.1) is 17.8 Å². The van der Waals surface area contributed by atoms with Crippen LogP contribution in [0.25, 0.3) is 0 Å². The fourth-order valence-corrected chi connectivity index (χ4v) is 8.95. The molecule has 0 aromatic heterocycles. The fourth-order valence-electron chi connectivity index (χ4n) is 7.83. The molecule has 4 aliphatic carbocycles. The minimum atomic E-state index is -3.77. The average Bonchev–Trinajstić information content (AvgIpc) is 2.89. The molecule has 0 radical (unpaired) electrons. The lowest BCUT2D eigenvalue weighted by atomic mass is 9.48. The van der Waals surface area contributed by atoms with E-state index >= 15 is 0 Å². The van der Waals surface area contributed by atoms with Crippen LogP contribution in [0.3, 0.4) is 0 Å². The van der Waals surface area contributed by atoms with Gasteiger partial charge >= 0.3 is 0 Å². The summed E-state index contributed by atoms with van der Waals surface area (Å²) in [6.07, 6.45) is 8.92. The molecule has 4 bridgehead atoms. The Kier molecular flexibility index (Phi) is 8.59. The summed E-state index contributed by atoms with van der Waals surface area (Å²) in [5.74, 6) is 1.74. The maximum absolute atomic E-state index is 13.8. The van der Waals surface area contributed by atoms with Crippen molar-refractivity contribution in [3.8, 4) is 0 Å². The summed E-state index contributed by atoms with van der Waals surface area (Å²) in [4.78, 5) is 28.2. The van der Waals surface area contributed by atoms with E-state index in [1.54, 1.807) is 6.92 Å². The molecule has 0 spiro atoms. The molecule has 7 nitrogen and oxygen atoms in total. The van der Waals surface area contributed by atoms with E-state index in [2.05, 4.69) is 33.4 Å². The van der Waals surface area contributed by atoms with Crippen molar-refractivity contribution in [1.82, 2.24) is 10.2 Å². The largest absolute Gasteiger partial charge is 0.352 e. The Balaban J connectivity index is 1.38. The highest BCUT2D eigenvalue weighted by molar-refractivity contribution is 9.10. The molecule has 1 atom stereocenters. The molecular formula is C32H42BrN3O4S. The Morgan fingerprint density at radius 1 is 0.927 bits per heavy atom. The minimum absolute atomic E-state index is 0.0883. The van der Waals surface area contributed by atoms with Crippen LogP contribution in [0.15, 0.2) is 53.0 Å². The lowest BCUT2D eigenvalue weighted by Crippen LogP contribution is -2.52. The number of amides is 2.